The van der Waals surface area contributed by atoms with E-state index >= 15 is 0 Å². The van der Waals surface area contributed by atoms with Crippen molar-refractivity contribution in [1.29, 1.82) is 0 Å². The van der Waals surface area contributed by atoms with E-state index < -0.39 is 33.6 Å². The van der Waals surface area contributed by atoms with Crippen molar-refractivity contribution < 1.29 is 78.4 Å². The predicted octanol–water partition coefficient (Wildman–Crippen LogP) is -1.97. The molecule has 0 aromatic carbocycles. The summed E-state index contributed by atoms with van der Waals surface area (Å²) in [5.74, 6) is -13.2. The molecule has 4 nitrogen and oxygen atoms in total. The maximum atomic E-state index is 12.3. The molecule has 2 N–H and O–H groups in total. The van der Waals surface area contributed by atoms with Crippen LogP contribution in [0.4, 0.5) is 30.7 Å². The van der Waals surface area contributed by atoms with Crippen molar-refractivity contribution in [3.63, 3.8) is 0 Å². The molecule has 0 saturated carbocycles. The minimum atomic E-state index is -6.81. The number of hydrogen-bond acceptors (Lipinski definition) is 3. The Hall–Kier alpha value is 0.380. The van der Waals surface area contributed by atoms with Crippen LogP contribution in [0.3, 0.4) is 0 Å². The molecular weight excluding hydrogens is 300 g/mol. The smallest absolute Gasteiger partial charge is 0.370 e. The molecule has 0 aliphatic rings. The Morgan fingerprint density at radius 3 is 1.41 bits per heavy atom. The molecule has 0 fully saturated rings. The molecule has 0 aliphatic carbocycles. The molecule has 0 aromatic rings. The van der Waals surface area contributed by atoms with Crippen LogP contribution in [0.2, 0.25) is 0 Å². The summed E-state index contributed by atoms with van der Waals surface area (Å²) in [4.78, 5) is 0. The summed E-state index contributed by atoms with van der Waals surface area (Å²) < 4.78 is 111. The molecule has 1 unspecified atom stereocenters. The average Bonchev–Trinajstić information content (AvgIpc) is 1.98. The van der Waals surface area contributed by atoms with Gasteiger partial charge in [-0.3, -0.25) is 4.55 Å². The maximum Gasteiger partial charge on any atom is 1.00 e. The topological polar surface area (TPSA) is 74.6 Å². The molecule has 98 valence electrons. The first-order valence-electron chi connectivity index (χ1n) is 3.12. The van der Waals surface area contributed by atoms with Gasteiger partial charge in [0.1, 0.15) is 0 Å². The molecule has 17 heavy (non-hydrogen) atoms. The standard InChI is InChI=1S/C4H3F7O4S.Na/c5-2(6,1(12)16(13,14)15)3(7,8)4(9,10)11;/h1,12H,(H,13,14,15);/q;+1. The van der Waals surface area contributed by atoms with Gasteiger partial charge in [-0.1, -0.05) is 0 Å². The zero-order chi connectivity index (χ0) is 13.6. The van der Waals surface area contributed by atoms with Gasteiger partial charge in [0.15, 0.2) is 0 Å². The monoisotopic (exact) mass is 303 g/mol. The third-order valence-corrected chi connectivity index (χ3v) is 2.23. The number of rotatable bonds is 3. The van der Waals surface area contributed by atoms with E-state index in [1.165, 1.54) is 0 Å². The van der Waals surface area contributed by atoms with Crippen LogP contribution in [0.15, 0.2) is 0 Å². The Morgan fingerprint density at radius 2 is 1.24 bits per heavy atom. The normalized spacial score (nSPS) is 16.3. The van der Waals surface area contributed by atoms with Gasteiger partial charge in [-0.05, 0) is 0 Å². The molecule has 0 aromatic heterocycles. The van der Waals surface area contributed by atoms with Gasteiger partial charge in [0.05, 0.1) is 0 Å². The van der Waals surface area contributed by atoms with E-state index in [1.807, 2.05) is 0 Å². The van der Waals surface area contributed by atoms with E-state index in [1.54, 1.807) is 0 Å². The van der Waals surface area contributed by atoms with Gasteiger partial charge in [-0.25, -0.2) is 0 Å². The SMILES string of the molecule is O=S(=O)(O)C(O)C(F)(F)C(F)(F)C(F)(F)F.[Na+]. The molecular formula is C4H3F7NaO4S+. The Bertz CT molecular complexity index is 363. The Labute approximate surface area is 112 Å². The molecule has 13 heteroatoms. The van der Waals surface area contributed by atoms with Gasteiger partial charge in [0.25, 0.3) is 15.6 Å². The summed E-state index contributed by atoms with van der Waals surface area (Å²) in [6.45, 7) is 0. The average molecular weight is 303 g/mol. The van der Waals surface area contributed by atoms with E-state index in [0.29, 0.717) is 0 Å². The van der Waals surface area contributed by atoms with E-state index in [-0.39, 0.29) is 29.6 Å². The van der Waals surface area contributed by atoms with Crippen molar-refractivity contribution in [2.75, 3.05) is 0 Å². The molecule has 0 radical (unpaired) electrons. The number of hydrogen-bond donors (Lipinski definition) is 2. The van der Waals surface area contributed by atoms with Crippen molar-refractivity contribution in [3.8, 4) is 0 Å². The Morgan fingerprint density at radius 1 is 0.941 bits per heavy atom. The van der Waals surface area contributed by atoms with Gasteiger partial charge < -0.3 is 5.11 Å². The maximum absolute atomic E-state index is 12.3. The Balaban J connectivity index is 0. The molecule has 0 bridgehead atoms. The third-order valence-electron chi connectivity index (χ3n) is 1.37. The molecule has 0 aliphatic heterocycles. The van der Waals surface area contributed by atoms with E-state index in [9.17, 15) is 39.2 Å². The summed E-state index contributed by atoms with van der Waals surface area (Å²) >= 11 is 0. The van der Waals surface area contributed by atoms with E-state index in [4.69, 9.17) is 9.66 Å². The number of alkyl halides is 7. The quantitative estimate of drug-likeness (QED) is 0.360. The van der Waals surface area contributed by atoms with Crippen LogP contribution in [-0.2, 0) is 10.1 Å². The van der Waals surface area contributed by atoms with Crippen molar-refractivity contribution in [2.24, 2.45) is 0 Å². The largest absolute Gasteiger partial charge is 1.00 e. The second-order valence-electron chi connectivity index (χ2n) is 2.56. The molecule has 1 atom stereocenters. The summed E-state index contributed by atoms with van der Waals surface area (Å²) in [7, 11) is -6.18. The van der Waals surface area contributed by atoms with Gasteiger partial charge in [0, 0.05) is 0 Å². The summed E-state index contributed by atoms with van der Waals surface area (Å²) in [5, 5.41) is 8.04. The van der Waals surface area contributed by atoms with Crippen LogP contribution < -0.4 is 29.6 Å². The molecule has 0 spiro atoms. The van der Waals surface area contributed by atoms with Gasteiger partial charge >= 0.3 is 47.6 Å². The summed E-state index contributed by atoms with van der Waals surface area (Å²) in [6.07, 6.45) is -6.79. The second kappa shape index (κ2) is 5.17. The summed E-state index contributed by atoms with van der Waals surface area (Å²) in [5.41, 5.74) is -4.59. The van der Waals surface area contributed by atoms with Gasteiger partial charge in [-0.2, -0.15) is 39.2 Å². The number of aliphatic hydroxyl groups excluding tert-OH is 1. The third kappa shape index (κ3) is 3.67. The molecule has 0 heterocycles. The van der Waals surface area contributed by atoms with Crippen LogP contribution >= 0.6 is 0 Å². The molecule has 0 saturated heterocycles. The number of aliphatic hydroxyl groups is 1. The molecule has 0 rings (SSSR count). The zero-order valence-electron chi connectivity index (χ0n) is 7.84. The second-order valence-corrected chi connectivity index (χ2v) is 4.04. The fraction of sp³-hybridized carbons (Fsp3) is 1.00. The summed E-state index contributed by atoms with van der Waals surface area (Å²) in [6, 6.07) is 0. The van der Waals surface area contributed by atoms with Crippen LogP contribution in [0.5, 0.6) is 0 Å². The van der Waals surface area contributed by atoms with Gasteiger partial charge in [-0.15, -0.1) is 0 Å². The van der Waals surface area contributed by atoms with Gasteiger partial charge in [0.2, 0.25) is 0 Å². The van der Waals surface area contributed by atoms with Crippen molar-refractivity contribution >= 4 is 10.1 Å². The van der Waals surface area contributed by atoms with Crippen molar-refractivity contribution in [2.45, 2.75) is 23.5 Å². The van der Waals surface area contributed by atoms with Crippen LogP contribution in [0, 0.1) is 0 Å². The van der Waals surface area contributed by atoms with E-state index in [0.717, 1.165) is 0 Å². The fourth-order valence-corrected chi connectivity index (χ4v) is 1.05. The molecule has 0 amide bonds. The first-order chi connectivity index (χ1) is 6.65. The fourth-order valence-electron chi connectivity index (χ4n) is 0.531. The van der Waals surface area contributed by atoms with Crippen LogP contribution in [0.1, 0.15) is 0 Å². The zero-order valence-corrected chi connectivity index (χ0v) is 10.7. The number of halogens is 7. The van der Waals surface area contributed by atoms with Crippen LogP contribution in [0.25, 0.3) is 0 Å². The van der Waals surface area contributed by atoms with Crippen molar-refractivity contribution in [1.82, 2.24) is 0 Å². The first kappa shape index (κ1) is 19.7. The van der Waals surface area contributed by atoms with E-state index in [2.05, 4.69) is 0 Å². The van der Waals surface area contributed by atoms with Crippen LogP contribution in [-0.4, -0.2) is 41.5 Å². The van der Waals surface area contributed by atoms with Crippen molar-refractivity contribution in [3.05, 3.63) is 0 Å². The predicted molar refractivity (Wildman–Crippen MR) is 33.5 cm³/mol. The Kier molecular flexibility index (Phi) is 5.99. The minimum Gasteiger partial charge on any atom is -0.370 e. The first-order valence-corrected chi connectivity index (χ1v) is 4.62. The minimum absolute atomic E-state index is 0.